The van der Waals surface area contributed by atoms with Crippen molar-refractivity contribution in [1.82, 2.24) is 0 Å². The first kappa shape index (κ1) is 16.6. The summed E-state index contributed by atoms with van der Waals surface area (Å²) >= 11 is 0. The molecular weight excluding hydrogens is 243 g/mol. The molecule has 0 bridgehead atoms. The van der Waals surface area contributed by atoms with Crippen molar-refractivity contribution in [3.63, 3.8) is 0 Å². The van der Waals surface area contributed by atoms with Gasteiger partial charge in [0, 0.05) is 12.6 Å². The monoisotopic (exact) mass is 266 g/mol. The molecule has 0 heterocycles. The van der Waals surface area contributed by atoms with E-state index in [0.29, 0.717) is 6.42 Å². The third-order valence-corrected chi connectivity index (χ3v) is 3.49. The fourth-order valence-electron chi connectivity index (χ4n) is 1.65. The van der Waals surface area contributed by atoms with E-state index in [1.807, 2.05) is 0 Å². The second-order valence-electron chi connectivity index (χ2n) is 4.36. The van der Waals surface area contributed by atoms with E-state index in [1.54, 1.807) is 0 Å². The Bertz CT molecular complexity index is 248. The van der Waals surface area contributed by atoms with Crippen LogP contribution in [0.5, 0.6) is 0 Å². The molecule has 17 heavy (non-hydrogen) atoms. The number of carboxylic acid groups (broad SMARTS) is 1. The van der Waals surface area contributed by atoms with E-state index in [-0.39, 0.29) is 12.6 Å². The molecule has 0 aromatic rings. The average Bonchev–Trinajstić information content (AvgIpc) is 2.18. The van der Waals surface area contributed by atoms with Gasteiger partial charge >= 0.3 is 13.6 Å². The van der Waals surface area contributed by atoms with E-state index in [2.05, 4.69) is 0 Å². The second kappa shape index (κ2) is 9.63. The van der Waals surface area contributed by atoms with E-state index < -0.39 is 13.6 Å². The first-order chi connectivity index (χ1) is 7.92. The van der Waals surface area contributed by atoms with Gasteiger partial charge in [0.2, 0.25) is 0 Å². The van der Waals surface area contributed by atoms with Crippen LogP contribution in [0.3, 0.4) is 0 Å². The maximum atomic E-state index is 10.5. The Morgan fingerprint density at radius 1 is 0.824 bits per heavy atom. The lowest BCUT2D eigenvalue weighted by molar-refractivity contribution is -0.137. The van der Waals surface area contributed by atoms with Crippen molar-refractivity contribution in [2.45, 2.75) is 57.8 Å². The molecule has 6 heteroatoms. The van der Waals surface area contributed by atoms with E-state index in [4.69, 9.17) is 14.9 Å². The Kier molecular flexibility index (Phi) is 9.41. The Hall–Kier alpha value is -0.380. The quantitative estimate of drug-likeness (QED) is 0.395. The molecule has 0 aliphatic carbocycles. The summed E-state index contributed by atoms with van der Waals surface area (Å²) in [4.78, 5) is 27.5. The molecule has 0 aromatic carbocycles. The summed E-state index contributed by atoms with van der Waals surface area (Å²) in [6, 6.07) is 0. The zero-order valence-electron chi connectivity index (χ0n) is 10.2. The average molecular weight is 266 g/mol. The first-order valence-electron chi connectivity index (χ1n) is 6.18. The van der Waals surface area contributed by atoms with Crippen molar-refractivity contribution in [3.8, 4) is 0 Å². The Labute approximate surface area is 102 Å². The molecule has 0 rings (SSSR count). The normalized spacial score (nSPS) is 11.6. The van der Waals surface area contributed by atoms with Gasteiger partial charge in [-0.15, -0.1) is 0 Å². The summed E-state index contributed by atoms with van der Waals surface area (Å²) < 4.78 is 10.5. The van der Waals surface area contributed by atoms with Gasteiger partial charge in [-0.3, -0.25) is 9.36 Å². The minimum absolute atomic E-state index is 0.00832. The number of rotatable bonds is 11. The maximum absolute atomic E-state index is 10.5. The van der Waals surface area contributed by atoms with Gasteiger partial charge in [-0.25, -0.2) is 0 Å². The van der Waals surface area contributed by atoms with Crippen LogP contribution in [-0.2, 0) is 9.36 Å². The van der Waals surface area contributed by atoms with Crippen LogP contribution in [0.2, 0.25) is 0 Å². The summed E-state index contributed by atoms with van der Waals surface area (Å²) in [5.74, 6) is -0.734. The molecule has 0 saturated heterocycles. The smallest absolute Gasteiger partial charge is 0.325 e. The summed E-state index contributed by atoms with van der Waals surface area (Å²) in [7, 11) is -3.80. The number of carboxylic acids is 1. The van der Waals surface area contributed by atoms with Crippen LogP contribution in [0, 0.1) is 0 Å². The van der Waals surface area contributed by atoms with Crippen molar-refractivity contribution in [2.24, 2.45) is 0 Å². The predicted molar refractivity (Wildman–Crippen MR) is 66.1 cm³/mol. The van der Waals surface area contributed by atoms with Crippen LogP contribution in [0.1, 0.15) is 57.8 Å². The fraction of sp³-hybridized carbons (Fsp3) is 0.909. The van der Waals surface area contributed by atoms with Gasteiger partial charge in [-0.05, 0) is 12.8 Å². The minimum Gasteiger partial charge on any atom is -0.481 e. The zero-order valence-corrected chi connectivity index (χ0v) is 11.1. The highest BCUT2D eigenvalue weighted by Crippen LogP contribution is 2.35. The molecule has 0 aliphatic heterocycles. The van der Waals surface area contributed by atoms with Crippen LogP contribution in [0.25, 0.3) is 0 Å². The van der Waals surface area contributed by atoms with Gasteiger partial charge in [-0.1, -0.05) is 38.5 Å². The summed E-state index contributed by atoms with van der Waals surface area (Å²) in [6.45, 7) is 0. The molecule has 0 unspecified atom stereocenters. The lowest BCUT2D eigenvalue weighted by Crippen LogP contribution is -1.93. The molecule has 5 nitrogen and oxygen atoms in total. The molecule has 0 fully saturated rings. The maximum Gasteiger partial charge on any atom is 0.325 e. The number of carbonyl (C=O) groups is 1. The fourth-order valence-corrected chi connectivity index (χ4v) is 2.29. The summed E-state index contributed by atoms with van der Waals surface area (Å²) in [5.41, 5.74) is 0. The van der Waals surface area contributed by atoms with E-state index in [0.717, 1.165) is 44.9 Å². The Morgan fingerprint density at radius 2 is 1.24 bits per heavy atom. The van der Waals surface area contributed by atoms with Crippen molar-refractivity contribution in [1.29, 1.82) is 0 Å². The molecular formula is C11H23O5P. The summed E-state index contributed by atoms with van der Waals surface area (Å²) in [5, 5.41) is 8.42. The van der Waals surface area contributed by atoms with Crippen LogP contribution in [0.4, 0.5) is 0 Å². The molecule has 102 valence electrons. The molecule has 0 aliphatic rings. The van der Waals surface area contributed by atoms with Crippen LogP contribution in [-0.4, -0.2) is 27.0 Å². The van der Waals surface area contributed by atoms with E-state index >= 15 is 0 Å². The molecule has 0 radical (unpaired) electrons. The van der Waals surface area contributed by atoms with Gasteiger partial charge < -0.3 is 14.9 Å². The number of hydrogen-bond acceptors (Lipinski definition) is 2. The van der Waals surface area contributed by atoms with Gasteiger partial charge in [0.25, 0.3) is 0 Å². The van der Waals surface area contributed by atoms with Gasteiger partial charge in [0.15, 0.2) is 0 Å². The Balaban J connectivity index is 3.09. The minimum atomic E-state index is -3.80. The third kappa shape index (κ3) is 15.6. The largest absolute Gasteiger partial charge is 0.481 e. The Morgan fingerprint density at radius 3 is 1.65 bits per heavy atom. The zero-order chi connectivity index (χ0) is 13.1. The lowest BCUT2D eigenvalue weighted by Gasteiger charge is -2.03. The van der Waals surface area contributed by atoms with E-state index in [9.17, 15) is 9.36 Å². The number of unbranched alkanes of at least 4 members (excludes halogenated alkanes) is 7. The number of hydrogen-bond donors (Lipinski definition) is 3. The topological polar surface area (TPSA) is 94.8 Å². The first-order valence-corrected chi connectivity index (χ1v) is 7.98. The molecule has 3 N–H and O–H groups in total. The molecule has 0 amide bonds. The van der Waals surface area contributed by atoms with Crippen molar-refractivity contribution in [2.75, 3.05) is 6.16 Å². The van der Waals surface area contributed by atoms with Crippen LogP contribution < -0.4 is 0 Å². The van der Waals surface area contributed by atoms with Gasteiger partial charge in [0.1, 0.15) is 0 Å². The predicted octanol–water partition coefficient (Wildman–Crippen LogP) is 2.76. The number of aliphatic carboxylic acids is 1. The summed E-state index contributed by atoms with van der Waals surface area (Å²) in [6.07, 6.45) is 7.58. The highest BCUT2D eigenvalue weighted by molar-refractivity contribution is 7.51. The van der Waals surface area contributed by atoms with Gasteiger partial charge in [0.05, 0.1) is 0 Å². The molecule has 0 aromatic heterocycles. The molecule has 0 saturated carbocycles. The molecule has 0 spiro atoms. The third-order valence-electron chi connectivity index (χ3n) is 2.59. The van der Waals surface area contributed by atoms with Crippen LogP contribution in [0.15, 0.2) is 0 Å². The van der Waals surface area contributed by atoms with Gasteiger partial charge in [-0.2, -0.15) is 0 Å². The standard InChI is InChI=1S/C11H23O5P/c12-11(13)9-7-5-3-1-2-4-6-8-10-17(14,15)16/h1-10H2,(H,12,13)(H2,14,15,16). The van der Waals surface area contributed by atoms with Crippen molar-refractivity contribution >= 4 is 13.6 Å². The highest BCUT2D eigenvalue weighted by atomic mass is 31.2. The van der Waals surface area contributed by atoms with Crippen molar-refractivity contribution in [3.05, 3.63) is 0 Å². The van der Waals surface area contributed by atoms with Crippen LogP contribution >= 0.6 is 7.60 Å². The van der Waals surface area contributed by atoms with E-state index in [1.165, 1.54) is 0 Å². The van der Waals surface area contributed by atoms with Crippen molar-refractivity contribution < 1.29 is 24.3 Å². The second-order valence-corrected chi connectivity index (χ2v) is 6.14. The molecule has 0 atom stereocenters. The highest BCUT2D eigenvalue weighted by Gasteiger charge is 2.10. The lowest BCUT2D eigenvalue weighted by atomic mass is 10.1. The SMILES string of the molecule is O=C(O)CCCCCCCCCCP(=O)(O)O.